The molecule has 1 aliphatic carbocycles. The molecule has 0 heterocycles. The Balaban J connectivity index is 2.60. The standard InChI is InChI=1S/C8H12O/c1-8(7-9)5-3-2-4-6-8/h2-3,7H,4-6H2,1H3/t8-/m1/s1. The molecule has 0 radical (unpaired) electrons. The van der Waals surface area contributed by atoms with Crippen molar-refractivity contribution in [3.05, 3.63) is 12.2 Å². The van der Waals surface area contributed by atoms with Crippen LogP contribution in [-0.2, 0) is 4.79 Å². The van der Waals surface area contributed by atoms with E-state index in [9.17, 15) is 4.79 Å². The van der Waals surface area contributed by atoms with Crippen LogP contribution in [-0.4, -0.2) is 6.29 Å². The van der Waals surface area contributed by atoms with E-state index in [1.165, 1.54) is 0 Å². The van der Waals surface area contributed by atoms with E-state index in [2.05, 4.69) is 12.2 Å². The van der Waals surface area contributed by atoms with Gasteiger partial charge in [0.2, 0.25) is 0 Å². The van der Waals surface area contributed by atoms with Crippen LogP contribution in [0.25, 0.3) is 0 Å². The molecule has 50 valence electrons. The summed E-state index contributed by atoms with van der Waals surface area (Å²) in [6.07, 6.45) is 8.33. The fraction of sp³-hybridized carbons (Fsp3) is 0.625. The maximum atomic E-state index is 10.4. The number of aldehydes is 1. The van der Waals surface area contributed by atoms with Crippen molar-refractivity contribution in [3.8, 4) is 0 Å². The number of allylic oxidation sites excluding steroid dienone is 2. The molecule has 1 atom stereocenters. The van der Waals surface area contributed by atoms with Crippen LogP contribution in [0.3, 0.4) is 0 Å². The Labute approximate surface area is 55.8 Å². The molecule has 0 spiro atoms. The van der Waals surface area contributed by atoms with Crippen LogP contribution in [0.2, 0.25) is 0 Å². The molecule has 1 rings (SSSR count). The van der Waals surface area contributed by atoms with Crippen LogP contribution in [0.15, 0.2) is 12.2 Å². The number of carbonyl (C=O) groups excluding carboxylic acids is 1. The van der Waals surface area contributed by atoms with Crippen LogP contribution >= 0.6 is 0 Å². The van der Waals surface area contributed by atoms with E-state index in [1.54, 1.807) is 0 Å². The molecule has 0 aromatic rings. The highest BCUT2D eigenvalue weighted by molar-refractivity contribution is 5.59. The van der Waals surface area contributed by atoms with Gasteiger partial charge < -0.3 is 4.79 Å². The molecule has 0 amide bonds. The van der Waals surface area contributed by atoms with Crippen LogP contribution in [0, 0.1) is 5.41 Å². The van der Waals surface area contributed by atoms with Gasteiger partial charge in [-0.1, -0.05) is 19.1 Å². The van der Waals surface area contributed by atoms with Gasteiger partial charge in [-0.15, -0.1) is 0 Å². The lowest BCUT2D eigenvalue weighted by Crippen LogP contribution is -2.18. The molecular weight excluding hydrogens is 112 g/mol. The summed E-state index contributed by atoms with van der Waals surface area (Å²) in [6, 6.07) is 0. The SMILES string of the molecule is C[C@@]1(C=O)CC=CCC1. The Morgan fingerprint density at radius 2 is 2.33 bits per heavy atom. The van der Waals surface area contributed by atoms with E-state index in [0.717, 1.165) is 25.5 Å². The predicted molar refractivity (Wildman–Crippen MR) is 37.2 cm³/mol. The fourth-order valence-corrected chi connectivity index (χ4v) is 1.09. The van der Waals surface area contributed by atoms with Crippen molar-refractivity contribution in [1.82, 2.24) is 0 Å². The zero-order valence-electron chi connectivity index (χ0n) is 5.76. The van der Waals surface area contributed by atoms with Crippen molar-refractivity contribution in [2.24, 2.45) is 5.41 Å². The van der Waals surface area contributed by atoms with Gasteiger partial charge in [0.1, 0.15) is 6.29 Å². The van der Waals surface area contributed by atoms with Gasteiger partial charge >= 0.3 is 0 Å². The van der Waals surface area contributed by atoms with Crippen LogP contribution in [0.4, 0.5) is 0 Å². The molecule has 0 fully saturated rings. The van der Waals surface area contributed by atoms with E-state index in [-0.39, 0.29) is 5.41 Å². The van der Waals surface area contributed by atoms with Crippen LogP contribution < -0.4 is 0 Å². The van der Waals surface area contributed by atoms with Gasteiger partial charge in [-0.05, 0) is 19.3 Å². The minimum Gasteiger partial charge on any atom is -0.303 e. The summed E-state index contributed by atoms with van der Waals surface area (Å²) in [5, 5.41) is 0. The van der Waals surface area contributed by atoms with Gasteiger partial charge in [-0.3, -0.25) is 0 Å². The third kappa shape index (κ3) is 1.41. The first kappa shape index (κ1) is 6.53. The lowest BCUT2D eigenvalue weighted by molar-refractivity contribution is -0.115. The highest BCUT2D eigenvalue weighted by Gasteiger charge is 2.22. The molecule has 0 N–H and O–H groups in total. The minimum atomic E-state index is -0.0469. The average Bonchev–Trinajstić information content (AvgIpc) is 1.90. The summed E-state index contributed by atoms with van der Waals surface area (Å²) in [6.45, 7) is 2.02. The normalized spacial score (nSPS) is 34.3. The number of carbonyl (C=O) groups is 1. The first-order valence-corrected chi connectivity index (χ1v) is 3.38. The van der Waals surface area contributed by atoms with E-state index in [0.29, 0.717) is 0 Å². The fourth-order valence-electron chi connectivity index (χ4n) is 1.09. The third-order valence-corrected chi connectivity index (χ3v) is 1.92. The number of hydrogen-bond donors (Lipinski definition) is 0. The molecule has 0 unspecified atom stereocenters. The topological polar surface area (TPSA) is 17.1 Å². The Morgan fingerprint density at radius 1 is 1.56 bits per heavy atom. The van der Waals surface area contributed by atoms with Gasteiger partial charge in [-0.2, -0.15) is 0 Å². The van der Waals surface area contributed by atoms with Gasteiger partial charge in [0.25, 0.3) is 0 Å². The monoisotopic (exact) mass is 124 g/mol. The maximum Gasteiger partial charge on any atom is 0.126 e. The molecule has 1 aliphatic rings. The quantitative estimate of drug-likeness (QED) is 0.385. The van der Waals surface area contributed by atoms with E-state index in [1.807, 2.05) is 6.92 Å². The molecule has 0 saturated carbocycles. The smallest absolute Gasteiger partial charge is 0.126 e. The lowest BCUT2D eigenvalue weighted by Gasteiger charge is -2.23. The van der Waals surface area contributed by atoms with E-state index >= 15 is 0 Å². The maximum absolute atomic E-state index is 10.4. The summed E-state index contributed by atoms with van der Waals surface area (Å²) in [7, 11) is 0. The van der Waals surface area contributed by atoms with Crippen molar-refractivity contribution in [2.75, 3.05) is 0 Å². The van der Waals surface area contributed by atoms with Gasteiger partial charge in [0, 0.05) is 5.41 Å². The van der Waals surface area contributed by atoms with Crippen molar-refractivity contribution >= 4 is 6.29 Å². The van der Waals surface area contributed by atoms with Crippen LogP contribution in [0.5, 0.6) is 0 Å². The van der Waals surface area contributed by atoms with Gasteiger partial charge in [0.05, 0.1) is 0 Å². The first-order chi connectivity index (χ1) is 4.27. The Bertz CT molecular complexity index is 138. The molecule has 0 aromatic carbocycles. The Hall–Kier alpha value is -0.590. The molecule has 9 heavy (non-hydrogen) atoms. The van der Waals surface area contributed by atoms with Gasteiger partial charge in [0.15, 0.2) is 0 Å². The zero-order chi connectivity index (χ0) is 6.74. The van der Waals surface area contributed by atoms with Crippen molar-refractivity contribution in [3.63, 3.8) is 0 Å². The van der Waals surface area contributed by atoms with Crippen molar-refractivity contribution in [2.45, 2.75) is 26.2 Å². The highest BCUT2D eigenvalue weighted by atomic mass is 16.1. The summed E-state index contributed by atoms with van der Waals surface area (Å²) >= 11 is 0. The van der Waals surface area contributed by atoms with Crippen molar-refractivity contribution < 1.29 is 4.79 Å². The second kappa shape index (κ2) is 2.34. The second-order valence-electron chi connectivity index (χ2n) is 2.99. The van der Waals surface area contributed by atoms with E-state index < -0.39 is 0 Å². The number of rotatable bonds is 1. The Kier molecular flexibility index (Phi) is 1.70. The first-order valence-electron chi connectivity index (χ1n) is 3.38. The minimum absolute atomic E-state index is 0.0469. The molecule has 1 nitrogen and oxygen atoms in total. The molecule has 0 bridgehead atoms. The average molecular weight is 124 g/mol. The molecule has 0 aliphatic heterocycles. The largest absolute Gasteiger partial charge is 0.303 e. The van der Waals surface area contributed by atoms with Crippen molar-refractivity contribution in [1.29, 1.82) is 0 Å². The molecular formula is C8H12O. The lowest BCUT2D eigenvalue weighted by atomic mass is 9.81. The molecule has 1 heteroatoms. The summed E-state index contributed by atoms with van der Waals surface area (Å²) in [4.78, 5) is 10.4. The summed E-state index contributed by atoms with van der Waals surface area (Å²) in [5.74, 6) is 0. The molecule has 0 aromatic heterocycles. The summed E-state index contributed by atoms with van der Waals surface area (Å²) < 4.78 is 0. The zero-order valence-corrected chi connectivity index (χ0v) is 5.76. The molecule has 0 saturated heterocycles. The van der Waals surface area contributed by atoms with E-state index in [4.69, 9.17) is 0 Å². The second-order valence-corrected chi connectivity index (χ2v) is 2.99. The number of hydrogen-bond acceptors (Lipinski definition) is 1. The van der Waals surface area contributed by atoms with Gasteiger partial charge in [-0.25, -0.2) is 0 Å². The predicted octanol–water partition coefficient (Wildman–Crippen LogP) is 1.93. The third-order valence-electron chi connectivity index (χ3n) is 1.92. The Morgan fingerprint density at radius 3 is 2.67 bits per heavy atom. The summed E-state index contributed by atoms with van der Waals surface area (Å²) in [5.41, 5.74) is -0.0469. The highest BCUT2D eigenvalue weighted by Crippen LogP contribution is 2.29. The van der Waals surface area contributed by atoms with Crippen LogP contribution in [0.1, 0.15) is 26.2 Å².